The third-order valence-electron chi connectivity index (χ3n) is 6.94. The van der Waals surface area contributed by atoms with Gasteiger partial charge in [0.1, 0.15) is 6.29 Å². The second-order valence-electron chi connectivity index (χ2n) is 10.5. The number of aryl methyl sites for hydroxylation is 2. The fourth-order valence-corrected chi connectivity index (χ4v) is 5.11. The Morgan fingerprint density at radius 3 is 2.26 bits per heavy atom. The van der Waals surface area contributed by atoms with Crippen LogP contribution in [0.2, 0.25) is 5.02 Å². The molecule has 1 saturated heterocycles. The van der Waals surface area contributed by atoms with E-state index < -0.39 is 0 Å². The SMILES string of the molecule is CC(C)CCN(c1ccc(CCc2ccc(Cl)cc2)cc1)C1CCN(CC(C)CC(N)C=O)C1. The maximum Gasteiger partial charge on any atom is 0.136 e. The van der Waals surface area contributed by atoms with E-state index in [0.717, 1.165) is 56.8 Å². The van der Waals surface area contributed by atoms with E-state index in [9.17, 15) is 4.79 Å². The first-order valence-electron chi connectivity index (χ1n) is 12.9. The predicted octanol–water partition coefficient (Wildman–Crippen LogP) is 5.60. The first-order chi connectivity index (χ1) is 16.3. The Kier molecular flexibility index (Phi) is 10.4. The molecule has 2 aromatic rings. The number of nitrogens with two attached hydrogens (primary N) is 1. The van der Waals surface area contributed by atoms with Crippen molar-refractivity contribution in [2.75, 3.05) is 31.1 Å². The average Bonchev–Trinajstić information content (AvgIpc) is 3.27. The Bertz CT molecular complexity index is 868. The van der Waals surface area contributed by atoms with Gasteiger partial charge in [-0.1, -0.05) is 56.6 Å². The number of hydrogen-bond donors (Lipinski definition) is 1. The molecule has 1 fully saturated rings. The van der Waals surface area contributed by atoms with Crippen molar-refractivity contribution in [3.8, 4) is 0 Å². The molecule has 1 aliphatic rings. The Balaban J connectivity index is 1.60. The van der Waals surface area contributed by atoms with Gasteiger partial charge in [-0.05, 0) is 79.3 Å². The quantitative estimate of drug-likeness (QED) is 0.376. The topological polar surface area (TPSA) is 49.6 Å². The van der Waals surface area contributed by atoms with Crippen molar-refractivity contribution in [1.82, 2.24) is 4.90 Å². The summed E-state index contributed by atoms with van der Waals surface area (Å²) >= 11 is 6.01. The molecule has 1 aliphatic heterocycles. The molecule has 0 radical (unpaired) electrons. The number of carbonyl (C=O) groups is 1. The summed E-state index contributed by atoms with van der Waals surface area (Å²) < 4.78 is 0. The summed E-state index contributed by atoms with van der Waals surface area (Å²) in [4.78, 5) is 16.1. The highest BCUT2D eigenvalue weighted by atomic mass is 35.5. The normalized spacial score (nSPS) is 18.2. The van der Waals surface area contributed by atoms with Gasteiger partial charge in [-0.3, -0.25) is 0 Å². The minimum Gasteiger partial charge on any atom is -0.367 e. The molecule has 3 atom stereocenters. The van der Waals surface area contributed by atoms with E-state index in [1.54, 1.807) is 0 Å². The van der Waals surface area contributed by atoms with Crippen LogP contribution in [0.5, 0.6) is 0 Å². The summed E-state index contributed by atoms with van der Waals surface area (Å²) in [6.07, 6.45) is 6.07. The standard InChI is InChI=1S/C29H42ClN3O/c1-22(2)14-17-33(29-15-16-32(20-29)19-23(3)18-27(31)21-34)28-12-8-25(9-13-28)5-4-24-6-10-26(30)11-7-24/h6-13,21-23,27,29H,4-5,14-20,31H2,1-3H3. The van der Waals surface area contributed by atoms with Gasteiger partial charge in [0.05, 0.1) is 6.04 Å². The number of likely N-dealkylation sites (tertiary alicyclic amines) is 1. The zero-order chi connectivity index (χ0) is 24.5. The maximum absolute atomic E-state index is 10.9. The maximum atomic E-state index is 10.9. The highest BCUT2D eigenvalue weighted by Crippen LogP contribution is 2.26. The first kappa shape index (κ1) is 26.7. The Morgan fingerprint density at radius 1 is 1.06 bits per heavy atom. The van der Waals surface area contributed by atoms with Crippen LogP contribution in [0.4, 0.5) is 5.69 Å². The van der Waals surface area contributed by atoms with Gasteiger partial charge in [0.2, 0.25) is 0 Å². The molecule has 1 heterocycles. The molecule has 4 nitrogen and oxygen atoms in total. The molecule has 3 unspecified atom stereocenters. The molecular formula is C29H42ClN3O. The molecular weight excluding hydrogens is 442 g/mol. The lowest BCUT2D eigenvalue weighted by Gasteiger charge is -2.32. The van der Waals surface area contributed by atoms with Crippen LogP contribution in [0.15, 0.2) is 48.5 Å². The highest BCUT2D eigenvalue weighted by Gasteiger charge is 2.29. The predicted molar refractivity (Wildman–Crippen MR) is 145 cm³/mol. The van der Waals surface area contributed by atoms with Crippen molar-refractivity contribution in [2.24, 2.45) is 17.6 Å². The molecule has 186 valence electrons. The molecule has 0 aliphatic carbocycles. The van der Waals surface area contributed by atoms with Gasteiger partial charge in [-0.15, -0.1) is 0 Å². The Hall–Kier alpha value is -1.88. The summed E-state index contributed by atoms with van der Waals surface area (Å²) in [6.45, 7) is 11.1. The van der Waals surface area contributed by atoms with Crippen LogP contribution in [0.25, 0.3) is 0 Å². The summed E-state index contributed by atoms with van der Waals surface area (Å²) in [7, 11) is 0. The second-order valence-corrected chi connectivity index (χ2v) is 10.9. The zero-order valence-corrected chi connectivity index (χ0v) is 21.9. The molecule has 2 N–H and O–H groups in total. The smallest absolute Gasteiger partial charge is 0.136 e. The van der Waals surface area contributed by atoms with Crippen molar-refractivity contribution in [2.45, 2.75) is 65.0 Å². The molecule has 0 spiro atoms. The van der Waals surface area contributed by atoms with Gasteiger partial charge in [-0.2, -0.15) is 0 Å². The number of hydrogen-bond acceptors (Lipinski definition) is 4. The minimum absolute atomic E-state index is 0.339. The number of carbonyl (C=O) groups excluding carboxylic acids is 1. The van der Waals surface area contributed by atoms with Crippen molar-refractivity contribution in [1.29, 1.82) is 0 Å². The van der Waals surface area contributed by atoms with Crippen molar-refractivity contribution in [3.63, 3.8) is 0 Å². The minimum atomic E-state index is -0.339. The number of halogens is 1. The molecule has 3 rings (SSSR count). The molecule has 0 aromatic heterocycles. The zero-order valence-electron chi connectivity index (χ0n) is 21.1. The monoisotopic (exact) mass is 483 g/mol. The van der Waals surface area contributed by atoms with E-state index in [2.05, 4.69) is 67.0 Å². The van der Waals surface area contributed by atoms with Crippen LogP contribution in [0, 0.1) is 11.8 Å². The van der Waals surface area contributed by atoms with Gasteiger partial charge in [0.25, 0.3) is 0 Å². The fourth-order valence-electron chi connectivity index (χ4n) is 4.98. The summed E-state index contributed by atoms with van der Waals surface area (Å²) in [5.74, 6) is 1.12. The third kappa shape index (κ3) is 8.41. The largest absolute Gasteiger partial charge is 0.367 e. The van der Waals surface area contributed by atoms with Gasteiger partial charge >= 0.3 is 0 Å². The number of aldehydes is 1. The summed E-state index contributed by atoms with van der Waals surface area (Å²) in [5, 5.41) is 0.791. The van der Waals surface area contributed by atoms with E-state index >= 15 is 0 Å². The summed E-state index contributed by atoms with van der Waals surface area (Å²) in [6, 6.07) is 17.6. The van der Waals surface area contributed by atoms with Gasteiger partial charge < -0.3 is 20.3 Å². The molecule has 0 bridgehead atoms. The van der Waals surface area contributed by atoms with Gasteiger partial charge in [0.15, 0.2) is 0 Å². The highest BCUT2D eigenvalue weighted by molar-refractivity contribution is 6.30. The van der Waals surface area contributed by atoms with Crippen molar-refractivity contribution in [3.05, 3.63) is 64.7 Å². The Morgan fingerprint density at radius 2 is 1.68 bits per heavy atom. The van der Waals surface area contributed by atoms with E-state index in [1.807, 2.05) is 12.1 Å². The average molecular weight is 484 g/mol. The third-order valence-corrected chi connectivity index (χ3v) is 7.19. The lowest BCUT2D eigenvalue weighted by Crippen LogP contribution is -2.39. The molecule has 5 heteroatoms. The second kappa shape index (κ2) is 13.3. The van der Waals surface area contributed by atoms with Crippen LogP contribution in [-0.2, 0) is 17.6 Å². The first-order valence-corrected chi connectivity index (χ1v) is 13.2. The fraction of sp³-hybridized carbons (Fsp3) is 0.552. The van der Waals surface area contributed by atoms with Crippen LogP contribution in [-0.4, -0.2) is 49.4 Å². The van der Waals surface area contributed by atoms with Crippen LogP contribution in [0.1, 0.15) is 51.2 Å². The number of anilines is 1. The van der Waals surface area contributed by atoms with E-state index in [0.29, 0.717) is 17.9 Å². The van der Waals surface area contributed by atoms with Crippen LogP contribution < -0.4 is 10.6 Å². The van der Waals surface area contributed by atoms with E-state index in [1.165, 1.54) is 29.7 Å². The Labute approximate surface area is 211 Å². The lowest BCUT2D eigenvalue weighted by atomic mass is 10.0. The van der Waals surface area contributed by atoms with Crippen LogP contribution >= 0.6 is 11.6 Å². The lowest BCUT2D eigenvalue weighted by molar-refractivity contribution is -0.109. The molecule has 0 amide bonds. The van der Waals surface area contributed by atoms with E-state index in [4.69, 9.17) is 17.3 Å². The van der Waals surface area contributed by atoms with Gasteiger partial charge in [0, 0.05) is 42.9 Å². The number of nitrogens with zero attached hydrogens (tertiary/aromatic N) is 2. The van der Waals surface area contributed by atoms with Gasteiger partial charge in [-0.25, -0.2) is 0 Å². The number of rotatable bonds is 13. The van der Waals surface area contributed by atoms with E-state index in [-0.39, 0.29) is 6.04 Å². The molecule has 2 aromatic carbocycles. The number of benzene rings is 2. The van der Waals surface area contributed by atoms with Crippen molar-refractivity contribution >= 4 is 23.6 Å². The summed E-state index contributed by atoms with van der Waals surface area (Å²) in [5.41, 5.74) is 9.86. The molecule has 0 saturated carbocycles. The van der Waals surface area contributed by atoms with Crippen molar-refractivity contribution < 1.29 is 4.79 Å². The van der Waals surface area contributed by atoms with Crippen LogP contribution in [0.3, 0.4) is 0 Å². The molecule has 34 heavy (non-hydrogen) atoms.